The molecule has 1 heterocycles. The van der Waals surface area contributed by atoms with Gasteiger partial charge in [0.15, 0.2) is 0 Å². The monoisotopic (exact) mass is 390 g/mol. The Morgan fingerprint density at radius 3 is 2.39 bits per heavy atom. The molecule has 1 aliphatic carbocycles. The molecule has 1 aliphatic rings. The molecular formula is C20H14N4O3S. The number of hydrogen-bond acceptors (Lipinski definition) is 5. The average molecular weight is 390 g/mol. The van der Waals surface area contributed by atoms with Crippen LogP contribution in [-0.2, 0) is 10.0 Å². The summed E-state index contributed by atoms with van der Waals surface area (Å²) in [5.74, 6) is 0.590. The number of nitrogens with one attached hydrogen (secondary N) is 1. The third-order valence-corrected chi connectivity index (χ3v) is 5.82. The van der Waals surface area contributed by atoms with Gasteiger partial charge in [-0.1, -0.05) is 47.6 Å². The first-order chi connectivity index (χ1) is 13.5. The molecule has 5 rings (SSSR count). The maximum absolute atomic E-state index is 11.6. The number of rotatable bonds is 2. The van der Waals surface area contributed by atoms with Gasteiger partial charge in [-0.15, -0.1) is 0 Å². The molecule has 7 nitrogen and oxygen atoms in total. The molecule has 0 radical (unpaired) electrons. The lowest BCUT2D eigenvalue weighted by atomic mass is 9.99. The Bertz CT molecular complexity index is 1400. The largest absolute Gasteiger partial charge is 0.410 e. The molecule has 0 spiro atoms. The fraction of sp³-hybridized carbons (Fsp3) is 0. The zero-order valence-electron chi connectivity index (χ0n) is 14.4. The lowest BCUT2D eigenvalue weighted by Crippen LogP contribution is -2.11. The van der Waals surface area contributed by atoms with Crippen LogP contribution in [-0.4, -0.2) is 29.3 Å². The van der Waals surface area contributed by atoms with E-state index < -0.39 is 10.0 Å². The summed E-state index contributed by atoms with van der Waals surface area (Å²) in [7, 11) is -3.81. The van der Waals surface area contributed by atoms with Crippen molar-refractivity contribution < 1.29 is 13.6 Å². The quantitative estimate of drug-likeness (QED) is 0.317. The van der Waals surface area contributed by atoms with Crippen molar-refractivity contribution in [1.29, 1.82) is 0 Å². The molecule has 0 saturated heterocycles. The molecule has 0 aliphatic heterocycles. The summed E-state index contributed by atoms with van der Waals surface area (Å²) < 4.78 is 23.2. The molecule has 0 saturated carbocycles. The zero-order valence-corrected chi connectivity index (χ0v) is 15.2. The van der Waals surface area contributed by atoms with Gasteiger partial charge in [-0.2, -0.15) is 0 Å². The number of sulfonamides is 1. The molecule has 0 fully saturated rings. The Kier molecular flexibility index (Phi) is 3.42. The Labute approximate surface area is 160 Å². The number of aromatic nitrogens is 2. The van der Waals surface area contributed by atoms with Crippen molar-refractivity contribution in [2.45, 2.75) is 4.90 Å². The van der Waals surface area contributed by atoms with Gasteiger partial charge in [-0.25, -0.2) is 18.5 Å². The Morgan fingerprint density at radius 2 is 1.64 bits per heavy atom. The minimum atomic E-state index is -3.81. The Balaban J connectivity index is 1.76. The van der Waals surface area contributed by atoms with Crippen LogP contribution in [0.25, 0.3) is 33.5 Å². The average Bonchev–Trinajstić information content (AvgIpc) is 3.25. The smallest absolute Gasteiger partial charge is 0.238 e. The van der Waals surface area contributed by atoms with Crippen molar-refractivity contribution >= 4 is 26.8 Å². The van der Waals surface area contributed by atoms with Gasteiger partial charge in [0.05, 0.1) is 15.9 Å². The first-order valence-corrected chi connectivity index (χ1v) is 10.00. The number of H-pyrrole nitrogens is 1. The van der Waals surface area contributed by atoms with E-state index >= 15 is 0 Å². The van der Waals surface area contributed by atoms with Gasteiger partial charge < -0.3 is 10.2 Å². The van der Waals surface area contributed by atoms with E-state index in [0.29, 0.717) is 22.6 Å². The lowest BCUT2D eigenvalue weighted by molar-refractivity contribution is 0.320. The lowest BCUT2D eigenvalue weighted by Gasteiger charge is -2.06. The van der Waals surface area contributed by atoms with Crippen LogP contribution in [0, 0.1) is 0 Å². The van der Waals surface area contributed by atoms with Crippen molar-refractivity contribution in [2.24, 2.45) is 10.3 Å². The summed E-state index contributed by atoms with van der Waals surface area (Å²) in [5.41, 5.74) is 6.07. The van der Waals surface area contributed by atoms with Gasteiger partial charge in [0.1, 0.15) is 11.5 Å². The van der Waals surface area contributed by atoms with E-state index in [0.717, 1.165) is 27.8 Å². The summed E-state index contributed by atoms with van der Waals surface area (Å²) in [6.45, 7) is 0. The molecule has 28 heavy (non-hydrogen) atoms. The first-order valence-electron chi connectivity index (χ1n) is 8.45. The molecule has 0 unspecified atom stereocenters. The van der Waals surface area contributed by atoms with Gasteiger partial charge in [-0.3, -0.25) is 0 Å². The van der Waals surface area contributed by atoms with Crippen LogP contribution in [0.15, 0.2) is 70.7 Å². The SMILES string of the molecule is NS(=O)(=O)c1ccc2[nH]c(-c3cccc4c3-c3ccccc3/C4=N\O)nc2c1. The van der Waals surface area contributed by atoms with E-state index in [9.17, 15) is 13.6 Å². The minimum absolute atomic E-state index is 0.0105. The highest BCUT2D eigenvalue weighted by atomic mass is 32.2. The van der Waals surface area contributed by atoms with E-state index in [1.165, 1.54) is 12.1 Å². The highest BCUT2D eigenvalue weighted by Crippen LogP contribution is 2.42. The molecule has 4 N–H and O–H groups in total. The van der Waals surface area contributed by atoms with Crippen LogP contribution in [0.1, 0.15) is 11.1 Å². The molecule has 4 aromatic rings. The maximum atomic E-state index is 11.6. The third kappa shape index (κ3) is 2.35. The van der Waals surface area contributed by atoms with Crippen molar-refractivity contribution in [2.75, 3.05) is 0 Å². The minimum Gasteiger partial charge on any atom is -0.410 e. The normalized spacial score (nSPS) is 14.4. The number of imidazole rings is 1. The molecular weight excluding hydrogens is 376 g/mol. The second kappa shape index (κ2) is 5.75. The van der Waals surface area contributed by atoms with Crippen molar-refractivity contribution in [3.05, 3.63) is 71.8 Å². The van der Waals surface area contributed by atoms with E-state index in [4.69, 9.17) is 5.14 Å². The van der Waals surface area contributed by atoms with E-state index in [1.807, 2.05) is 42.5 Å². The standard InChI is InChI=1S/C20H14N4O3S/c21-28(26,27)11-8-9-16-17(10-11)23-20(22-16)15-7-3-6-14-18(15)12-4-1-2-5-13(12)19(14)24-25/h1-10,25H,(H,22,23)(H2,21,26,27)/b24-19+. The van der Waals surface area contributed by atoms with Gasteiger partial charge in [0, 0.05) is 22.3 Å². The summed E-state index contributed by atoms with van der Waals surface area (Å²) in [6, 6.07) is 17.9. The van der Waals surface area contributed by atoms with E-state index in [1.54, 1.807) is 6.07 Å². The molecule has 138 valence electrons. The number of hydrogen-bond donors (Lipinski definition) is 3. The number of aromatic amines is 1. The van der Waals surface area contributed by atoms with E-state index in [-0.39, 0.29) is 4.90 Å². The predicted octanol–water partition coefficient (Wildman–Crippen LogP) is 3.08. The van der Waals surface area contributed by atoms with Crippen LogP contribution in [0.5, 0.6) is 0 Å². The Morgan fingerprint density at radius 1 is 0.929 bits per heavy atom. The number of benzene rings is 3. The van der Waals surface area contributed by atoms with Crippen molar-refractivity contribution in [1.82, 2.24) is 9.97 Å². The summed E-state index contributed by atoms with van der Waals surface area (Å²) in [5, 5.41) is 18.3. The molecule has 0 bridgehead atoms. The number of primary sulfonamides is 1. The van der Waals surface area contributed by atoms with E-state index in [2.05, 4.69) is 15.1 Å². The van der Waals surface area contributed by atoms with Crippen LogP contribution in [0.3, 0.4) is 0 Å². The summed E-state index contributed by atoms with van der Waals surface area (Å²) >= 11 is 0. The van der Waals surface area contributed by atoms with Gasteiger partial charge in [-0.05, 0) is 23.8 Å². The van der Waals surface area contributed by atoms with Gasteiger partial charge in [0.2, 0.25) is 10.0 Å². The Hall–Kier alpha value is -3.49. The van der Waals surface area contributed by atoms with Crippen LogP contribution in [0.2, 0.25) is 0 Å². The van der Waals surface area contributed by atoms with Crippen LogP contribution in [0.4, 0.5) is 0 Å². The highest BCUT2D eigenvalue weighted by molar-refractivity contribution is 7.89. The second-order valence-electron chi connectivity index (χ2n) is 6.53. The summed E-state index contributed by atoms with van der Waals surface area (Å²) in [6.07, 6.45) is 0. The van der Waals surface area contributed by atoms with Crippen molar-refractivity contribution in [3.8, 4) is 22.5 Å². The van der Waals surface area contributed by atoms with Crippen LogP contribution < -0.4 is 5.14 Å². The molecule has 0 atom stereocenters. The first kappa shape index (κ1) is 16.7. The number of oxime groups is 1. The van der Waals surface area contributed by atoms with Gasteiger partial charge in [0.25, 0.3) is 0 Å². The molecule has 1 aromatic heterocycles. The highest BCUT2D eigenvalue weighted by Gasteiger charge is 2.28. The topological polar surface area (TPSA) is 121 Å². The third-order valence-electron chi connectivity index (χ3n) is 4.91. The number of nitrogens with zero attached hydrogens (tertiary/aromatic N) is 2. The maximum Gasteiger partial charge on any atom is 0.238 e. The fourth-order valence-electron chi connectivity index (χ4n) is 3.69. The fourth-order valence-corrected chi connectivity index (χ4v) is 4.22. The van der Waals surface area contributed by atoms with Crippen molar-refractivity contribution in [3.63, 3.8) is 0 Å². The molecule has 8 heteroatoms. The predicted molar refractivity (Wildman–Crippen MR) is 106 cm³/mol. The van der Waals surface area contributed by atoms with Gasteiger partial charge >= 0.3 is 0 Å². The summed E-state index contributed by atoms with van der Waals surface area (Å²) in [4.78, 5) is 7.83. The molecule has 0 amide bonds. The second-order valence-corrected chi connectivity index (χ2v) is 8.09. The number of nitrogens with two attached hydrogens (primary N) is 1. The van der Waals surface area contributed by atoms with Crippen LogP contribution >= 0.6 is 0 Å². The zero-order chi connectivity index (χ0) is 19.5. The molecule has 3 aromatic carbocycles. The number of fused-ring (bicyclic) bond motifs is 4.